The first-order chi connectivity index (χ1) is 17.0. The van der Waals surface area contributed by atoms with Crippen molar-refractivity contribution >= 4 is 14.1 Å². The van der Waals surface area contributed by atoms with Gasteiger partial charge in [0.1, 0.15) is 49.3 Å². The van der Waals surface area contributed by atoms with Gasteiger partial charge in [-0.15, -0.1) is 4.52 Å². The van der Waals surface area contributed by atoms with Crippen molar-refractivity contribution in [2.24, 2.45) is 5.73 Å². The molecule has 36 heavy (non-hydrogen) atoms. The lowest BCUT2D eigenvalue weighted by atomic mass is 10.1. The smallest absolute Gasteiger partial charge is 0.366 e. The number of allylic oxidation sites excluding steroid dienone is 1. The quantitative estimate of drug-likeness (QED) is 0.536. The van der Waals surface area contributed by atoms with Crippen molar-refractivity contribution in [3.63, 3.8) is 0 Å². The summed E-state index contributed by atoms with van der Waals surface area (Å²) >= 11 is 0. The number of ether oxygens (including phenoxy) is 3. The van der Waals surface area contributed by atoms with Gasteiger partial charge >= 0.3 is 8.17 Å². The first kappa shape index (κ1) is 25.6. The maximum absolute atomic E-state index is 13.7. The lowest BCUT2D eigenvalue weighted by molar-refractivity contribution is -0.202. The molecule has 3 N–H and O–H groups in total. The topological polar surface area (TPSA) is 122 Å². The molecule has 6 atom stereocenters. The molecule has 196 valence electrons. The number of hydrogen-bond acceptors (Lipinski definition) is 9. The lowest BCUT2D eigenvalue weighted by Gasteiger charge is -2.31. The van der Waals surface area contributed by atoms with Gasteiger partial charge in [-0.2, -0.15) is 13.9 Å². The van der Waals surface area contributed by atoms with Gasteiger partial charge in [-0.05, 0) is 38.0 Å². The van der Waals surface area contributed by atoms with Crippen molar-refractivity contribution in [3.05, 3.63) is 59.4 Å². The minimum atomic E-state index is -3.83. The van der Waals surface area contributed by atoms with Crippen LogP contribution in [-0.2, 0) is 32.6 Å². The van der Waals surface area contributed by atoms with Gasteiger partial charge in [0.2, 0.25) is 5.91 Å². The molecule has 1 amide bonds. The number of carbonyl (C=O) groups excluding carboxylic acids is 1. The molecule has 4 heterocycles. The van der Waals surface area contributed by atoms with Gasteiger partial charge < -0.3 is 24.8 Å². The van der Waals surface area contributed by atoms with Crippen LogP contribution in [-0.4, -0.2) is 59.2 Å². The van der Waals surface area contributed by atoms with E-state index in [0.717, 1.165) is 18.2 Å². The van der Waals surface area contributed by atoms with Gasteiger partial charge in [0.15, 0.2) is 12.0 Å². The van der Waals surface area contributed by atoms with Gasteiger partial charge in [0.25, 0.3) is 0 Å². The predicted octanol–water partition coefficient (Wildman–Crippen LogP) is 2.96. The number of rotatable bonds is 6. The summed E-state index contributed by atoms with van der Waals surface area (Å²) in [6.45, 7) is 3.44. The number of fused-ring (bicyclic) bond motifs is 1. The van der Waals surface area contributed by atoms with Gasteiger partial charge in [-0.1, -0.05) is 6.08 Å². The Morgan fingerprint density at radius 3 is 2.69 bits per heavy atom. The second kappa shape index (κ2) is 9.70. The van der Waals surface area contributed by atoms with E-state index in [-0.39, 0.29) is 25.2 Å². The Morgan fingerprint density at radius 2 is 1.97 bits per heavy atom. The zero-order valence-corrected chi connectivity index (χ0v) is 20.6. The van der Waals surface area contributed by atoms with Crippen molar-refractivity contribution in [3.8, 4) is 0 Å². The number of benzene rings is 1. The van der Waals surface area contributed by atoms with E-state index in [9.17, 15) is 18.5 Å². The van der Waals surface area contributed by atoms with Crippen LogP contribution in [0.4, 0.5) is 8.78 Å². The summed E-state index contributed by atoms with van der Waals surface area (Å²) in [5, 5.41) is 0. The third-order valence-corrected chi connectivity index (χ3v) is 7.71. The van der Waals surface area contributed by atoms with Crippen LogP contribution in [0.1, 0.15) is 38.4 Å². The Hall–Kier alpha value is -2.02. The monoisotopic (exact) mass is 529 g/mol. The molecule has 10 nitrogen and oxygen atoms in total. The fourth-order valence-corrected chi connectivity index (χ4v) is 6.09. The largest absolute Gasteiger partial charge is 0.573 e. The second-order valence-electron chi connectivity index (χ2n) is 9.37. The average Bonchev–Trinajstić information content (AvgIpc) is 3.30. The normalized spacial score (nSPS) is 35.5. The maximum atomic E-state index is 13.7. The van der Waals surface area contributed by atoms with E-state index in [1.165, 1.54) is 0 Å². The second-order valence-corrected chi connectivity index (χ2v) is 11.0. The van der Waals surface area contributed by atoms with Gasteiger partial charge in [0.05, 0.1) is 0 Å². The van der Waals surface area contributed by atoms with Crippen molar-refractivity contribution in [2.45, 2.75) is 63.1 Å². The van der Waals surface area contributed by atoms with E-state index in [2.05, 4.69) is 0 Å². The van der Waals surface area contributed by atoms with Gasteiger partial charge in [-0.25, -0.2) is 8.78 Å². The Bertz CT molecular complexity index is 1070. The Balaban J connectivity index is 1.29. The highest BCUT2D eigenvalue weighted by molar-refractivity contribution is 7.55. The Morgan fingerprint density at radius 1 is 1.25 bits per heavy atom. The van der Waals surface area contributed by atoms with Gasteiger partial charge in [-0.3, -0.25) is 4.79 Å². The highest BCUT2D eigenvalue weighted by atomic mass is 31.2. The van der Waals surface area contributed by atoms with Crippen molar-refractivity contribution in [2.75, 3.05) is 13.2 Å². The molecule has 5 rings (SSSR count). The van der Waals surface area contributed by atoms with E-state index in [1.807, 2.05) is 0 Å². The minimum absolute atomic E-state index is 0.0686. The van der Waals surface area contributed by atoms with Crippen LogP contribution >= 0.6 is 8.17 Å². The van der Waals surface area contributed by atoms with E-state index in [0.29, 0.717) is 12.0 Å². The van der Waals surface area contributed by atoms with E-state index < -0.39 is 62.1 Å². The fourth-order valence-electron chi connectivity index (χ4n) is 4.68. The Kier molecular flexibility index (Phi) is 6.90. The minimum Gasteiger partial charge on any atom is -0.366 e. The summed E-state index contributed by atoms with van der Waals surface area (Å²) < 4.78 is 62.4. The van der Waals surface area contributed by atoms with E-state index in [4.69, 9.17) is 33.5 Å². The van der Waals surface area contributed by atoms with Crippen molar-refractivity contribution < 1.29 is 46.3 Å². The fraction of sp³-hybridized carbons (Fsp3) is 0.522. The van der Waals surface area contributed by atoms with Crippen molar-refractivity contribution in [1.29, 1.82) is 0 Å². The number of nitrogens with zero attached hydrogens (tertiary/aromatic N) is 1. The zero-order valence-electron chi connectivity index (χ0n) is 19.7. The highest BCUT2D eigenvalue weighted by Gasteiger charge is 2.59. The number of halogens is 2. The van der Waals surface area contributed by atoms with Crippen LogP contribution in [0, 0.1) is 11.6 Å². The molecule has 0 aliphatic carbocycles. The first-order valence-electron chi connectivity index (χ1n) is 11.5. The summed E-state index contributed by atoms with van der Waals surface area (Å²) in [6, 6.07) is 3.05. The SMILES string of the molecule is CC1(C)O[C@@H]2[C@H](O1)C(CO[P+]1(O)OCCC(c3cc(F)cc(F)c3)O1)O[C@H]2N1C=CCC(C(N)=O)=C1. The molecule has 4 aliphatic heterocycles. The Labute approximate surface area is 207 Å². The highest BCUT2D eigenvalue weighted by Crippen LogP contribution is 2.64. The molecule has 4 aliphatic rings. The molecule has 0 spiro atoms. The molecule has 0 bridgehead atoms. The number of nitrogens with two attached hydrogens (primary N) is 1. The van der Waals surface area contributed by atoms with Crippen LogP contribution in [0.5, 0.6) is 0 Å². The van der Waals surface area contributed by atoms with Crippen LogP contribution < -0.4 is 5.73 Å². The molecular weight excluding hydrogens is 501 g/mol. The molecular formula is C23H28F2N2O8P+. The number of primary amides is 1. The number of carbonyl (C=O) groups is 1. The summed E-state index contributed by atoms with van der Waals surface area (Å²) in [7, 11) is -3.83. The van der Waals surface area contributed by atoms with Crippen LogP contribution in [0.2, 0.25) is 0 Å². The molecule has 3 unspecified atom stereocenters. The predicted molar refractivity (Wildman–Crippen MR) is 121 cm³/mol. The third kappa shape index (κ3) is 5.32. The molecule has 3 saturated heterocycles. The molecule has 1 aromatic carbocycles. The first-order valence-corrected chi connectivity index (χ1v) is 13.0. The molecule has 1 aromatic rings. The lowest BCUT2D eigenvalue weighted by Crippen LogP contribution is -2.40. The van der Waals surface area contributed by atoms with Crippen LogP contribution in [0.25, 0.3) is 0 Å². The molecule has 0 aromatic heterocycles. The zero-order chi connectivity index (χ0) is 25.7. The molecule has 3 fully saturated rings. The maximum Gasteiger partial charge on any atom is 0.573 e. The summed E-state index contributed by atoms with van der Waals surface area (Å²) in [5.74, 6) is -2.93. The summed E-state index contributed by atoms with van der Waals surface area (Å²) in [6.07, 6.45) is 2.60. The number of hydrogen-bond donors (Lipinski definition) is 2. The van der Waals surface area contributed by atoms with Gasteiger partial charge in [0, 0.05) is 30.5 Å². The van der Waals surface area contributed by atoms with E-state index in [1.54, 1.807) is 37.2 Å². The molecule has 0 radical (unpaired) electrons. The molecule has 13 heteroatoms. The summed E-state index contributed by atoms with van der Waals surface area (Å²) in [4.78, 5) is 24.3. The van der Waals surface area contributed by atoms with E-state index >= 15 is 0 Å². The van der Waals surface area contributed by atoms with Crippen molar-refractivity contribution in [1.82, 2.24) is 4.90 Å². The average molecular weight is 529 g/mol. The number of amides is 1. The standard InChI is InChI=1S/C23H27F2N2O8P/c1-23(2)33-19-18(32-22(20(19)34-23)27-6-3-4-13(11-27)21(26)28)12-31-36(29)30-7-5-17(35-36)14-8-15(24)10-16(25)9-14/h3,6,8-11,17-20,22,29H,4-5,7,12H2,1-2H3,(H-,26,28)/p+1/t17?,18?,19-,20-,22-,36?/m1/s1. The van der Waals surface area contributed by atoms with Crippen LogP contribution in [0.15, 0.2) is 42.2 Å². The molecule has 0 saturated carbocycles. The third-order valence-electron chi connectivity index (χ3n) is 6.21. The summed E-state index contributed by atoms with van der Waals surface area (Å²) in [5.41, 5.74) is 6.09. The van der Waals surface area contributed by atoms with Crippen LogP contribution in [0.3, 0.4) is 0 Å².